The number of fused-ring (bicyclic) bond motifs is 1. The third-order valence-corrected chi connectivity index (χ3v) is 5.16. The lowest BCUT2D eigenvalue weighted by molar-refractivity contribution is -0.134. The van der Waals surface area contributed by atoms with Crippen molar-refractivity contribution in [2.75, 3.05) is 13.1 Å². The minimum Gasteiger partial charge on any atom is -0.361 e. The molecule has 2 aliphatic rings. The molecule has 0 spiro atoms. The highest BCUT2D eigenvalue weighted by molar-refractivity contribution is 5.93. The van der Waals surface area contributed by atoms with E-state index >= 15 is 0 Å². The molecule has 3 heteroatoms. The number of hydrogen-bond donors (Lipinski definition) is 1. The number of amides is 1. The Bertz CT molecular complexity index is 722. The van der Waals surface area contributed by atoms with E-state index in [2.05, 4.69) is 41.5 Å². The first kappa shape index (κ1) is 13.6. The molecule has 0 radical (unpaired) electrons. The highest BCUT2D eigenvalue weighted by Crippen LogP contribution is 2.31. The van der Waals surface area contributed by atoms with E-state index in [1.54, 1.807) is 0 Å². The molecule has 1 N–H and O–H groups in total. The number of nitrogens with zero attached hydrogens (tertiary/aromatic N) is 1. The minimum atomic E-state index is 0.294. The molecule has 22 heavy (non-hydrogen) atoms. The largest absolute Gasteiger partial charge is 0.361 e. The third kappa shape index (κ3) is 2.35. The molecule has 1 saturated carbocycles. The van der Waals surface area contributed by atoms with Crippen LogP contribution in [0, 0.1) is 5.92 Å². The zero-order valence-electron chi connectivity index (χ0n) is 12.8. The normalized spacial score (nSPS) is 19.6. The average Bonchev–Trinajstić information content (AvgIpc) is 3.24. The van der Waals surface area contributed by atoms with Crippen LogP contribution < -0.4 is 0 Å². The molecule has 4 rings (SSSR count). The molecule has 0 atom stereocenters. The summed E-state index contributed by atoms with van der Waals surface area (Å²) < 4.78 is 0. The lowest BCUT2D eigenvalue weighted by atomic mass is 9.97. The Labute approximate surface area is 131 Å². The van der Waals surface area contributed by atoms with Crippen LogP contribution in [0.1, 0.15) is 37.7 Å². The molecule has 1 aromatic heterocycles. The predicted octanol–water partition coefficient (Wildman–Crippen LogP) is 3.97. The third-order valence-electron chi connectivity index (χ3n) is 5.16. The Morgan fingerprint density at radius 2 is 2.00 bits per heavy atom. The Balaban J connectivity index is 1.52. The van der Waals surface area contributed by atoms with Gasteiger partial charge in [0.2, 0.25) is 5.91 Å². The standard InChI is InChI=1S/C19H22N2O/c22-19(15-5-1-2-6-15)21-11-9-14(10-12-21)17-13-20-18-8-4-3-7-16(17)18/h3-4,7-9,13,15,20H,1-2,5-6,10-12H2. The van der Waals surface area contributed by atoms with Crippen LogP contribution in [0.2, 0.25) is 0 Å². The number of para-hydroxylation sites is 1. The van der Waals surface area contributed by atoms with Crippen LogP contribution in [0.25, 0.3) is 16.5 Å². The zero-order valence-corrected chi connectivity index (χ0v) is 12.8. The van der Waals surface area contributed by atoms with Gasteiger partial charge < -0.3 is 9.88 Å². The topological polar surface area (TPSA) is 36.1 Å². The Morgan fingerprint density at radius 1 is 1.18 bits per heavy atom. The second-order valence-corrected chi connectivity index (χ2v) is 6.49. The Hall–Kier alpha value is -2.03. The van der Waals surface area contributed by atoms with Gasteiger partial charge >= 0.3 is 0 Å². The first-order valence-corrected chi connectivity index (χ1v) is 8.37. The van der Waals surface area contributed by atoms with E-state index in [-0.39, 0.29) is 0 Å². The van der Waals surface area contributed by atoms with Gasteiger partial charge in [-0.15, -0.1) is 0 Å². The number of nitrogens with one attached hydrogen (secondary N) is 1. The maximum absolute atomic E-state index is 12.5. The molecule has 1 fully saturated rings. The summed E-state index contributed by atoms with van der Waals surface area (Å²) >= 11 is 0. The van der Waals surface area contributed by atoms with Gasteiger partial charge in [-0.25, -0.2) is 0 Å². The van der Waals surface area contributed by atoms with Crippen molar-refractivity contribution in [2.45, 2.75) is 32.1 Å². The van der Waals surface area contributed by atoms with Gasteiger partial charge in [0.15, 0.2) is 0 Å². The molecule has 114 valence electrons. The first-order valence-electron chi connectivity index (χ1n) is 8.37. The van der Waals surface area contributed by atoms with Gasteiger partial charge in [0.05, 0.1) is 0 Å². The molecule has 1 aromatic carbocycles. The molecule has 3 nitrogen and oxygen atoms in total. The van der Waals surface area contributed by atoms with Crippen LogP contribution >= 0.6 is 0 Å². The van der Waals surface area contributed by atoms with Crippen LogP contribution in [0.15, 0.2) is 36.5 Å². The van der Waals surface area contributed by atoms with E-state index in [0.29, 0.717) is 11.8 Å². The van der Waals surface area contributed by atoms with E-state index in [1.165, 1.54) is 34.9 Å². The lowest BCUT2D eigenvalue weighted by Crippen LogP contribution is -2.38. The summed E-state index contributed by atoms with van der Waals surface area (Å²) in [4.78, 5) is 17.9. The molecule has 1 aliphatic carbocycles. The van der Waals surface area contributed by atoms with Crippen molar-refractivity contribution < 1.29 is 4.79 Å². The molecule has 0 saturated heterocycles. The van der Waals surface area contributed by atoms with Crippen molar-refractivity contribution in [3.05, 3.63) is 42.1 Å². The van der Waals surface area contributed by atoms with Gasteiger partial charge in [0, 0.05) is 41.7 Å². The molecule has 2 heterocycles. The fraction of sp³-hybridized carbons (Fsp3) is 0.421. The van der Waals surface area contributed by atoms with E-state index in [9.17, 15) is 4.79 Å². The smallest absolute Gasteiger partial charge is 0.225 e. The van der Waals surface area contributed by atoms with Crippen LogP contribution in [-0.2, 0) is 4.79 Å². The molecule has 1 amide bonds. The average molecular weight is 294 g/mol. The summed E-state index contributed by atoms with van der Waals surface area (Å²) in [6.45, 7) is 1.63. The summed E-state index contributed by atoms with van der Waals surface area (Å²) in [6, 6.07) is 8.41. The van der Waals surface area contributed by atoms with Crippen molar-refractivity contribution in [3.63, 3.8) is 0 Å². The number of aromatic nitrogens is 1. The van der Waals surface area contributed by atoms with Crippen LogP contribution in [0.4, 0.5) is 0 Å². The highest BCUT2D eigenvalue weighted by Gasteiger charge is 2.28. The first-order chi connectivity index (χ1) is 10.8. The Kier molecular flexibility index (Phi) is 3.49. The number of aromatic amines is 1. The van der Waals surface area contributed by atoms with E-state index in [4.69, 9.17) is 0 Å². The predicted molar refractivity (Wildman–Crippen MR) is 89.4 cm³/mol. The van der Waals surface area contributed by atoms with E-state index in [0.717, 1.165) is 32.4 Å². The van der Waals surface area contributed by atoms with Gasteiger partial charge in [0.25, 0.3) is 0 Å². The second kappa shape index (κ2) is 5.64. The Morgan fingerprint density at radius 3 is 2.77 bits per heavy atom. The van der Waals surface area contributed by atoms with Crippen molar-refractivity contribution in [1.29, 1.82) is 0 Å². The molecule has 0 bridgehead atoms. The van der Waals surface area contributed by atoms with Crippen LogP contribution in [0.3, 0.4) is 0 Å². The second-order valence-electron chi connectivity index (χ2n) is 6.49. The van der Waals surface area contributed by atoms with Crippen molar-refractivity contribution >= 4 is 22.4 Å². The van der Waals surface area contributed by atoms with Gasteiger partial charge in [-0.2, -0.15) is 0 Å². The van der Waals surface area contributed by atoms with Gasteiger partial charge in [-0.3, -0.25) is 4.79 Å². The zero-order chi connectivity index (χ0) is 14.9. The number of carbonyl (C=O) groups is 1. The summed E-state index contributed by atoms with van der Waals surface area (Å²) in [5, 5.41) is 1.28. The van der Waals surface area contributed by atoms with E-state index < -0.39 is 0 Å². The summed E-state index contributed by atoms with van der Waals surface area (Å²) in [6.07, 6.45) is 9.93. The molecule has 2 aromatic rings. The van der Waals surface area contributed by atoms with Gasteiger partial charge in [0.1, 0.15) is 0 Å². The number of benzene rings is 1. The number of hydrogen-bond acceptors (Lipinski definition) is 1. The molecular weight excluding hydrogens is 272 g/mol. The highest BCUT2D eigenvalue weighted by atomic mass is 16.2. The fourth-order valence-electron chi connectivity index (χ4n) is 3.88. The number of carbonyl (C=O) groups excluding carboxylic acids is 1. The van der Waals surface area contributed by atoms with E-state index in [1.807, 2.05) is 4.90 Å². The summed E-state index contributed by atoms with van der Waals surface area (Å²) in [5.74, 6) is 0.676. The quantitative estimate of drug-likeness (QED) is 0.893. The van der Waals surface area contributed by atoms with Crippen LogP contribution in [0.5, 0.6) is 0 Å². The molecular formula is C19H22N2O. The van der Waals surface area contributed by atoms with Crippen LogP contribution in [-0.4, -0.2) is 28.9 Å². The van der Waals surface area contributed by atoms with Gasteiger partial charge in [-0.1, -0.05) is 37.1 Å². The monoisotopic (exact) mass is 294 g/mol. The van der Waals surface area contributed by atoms with Gasteiger partial charge in [-0.05, 0) is 30.9 Å². The fourth-order valence-corrected chi connectivity index (χ4v) is 3.88. The van der Waals surface area contributed by atoms with Crippen molar-refractivity contribution in [2.24, 2.45) is 5.92 Å². The minimum absolute atomic E-state index is 0.294. The maximum Gasteiger partial charge on any atom is 0.225 e. The van der Waals surface area contributed by atoms with Crippen molar-refractivity contribution in [1.82, 2.24) is 9.88 Å². The number of rotatable bonds is 2. The molecule has 1 aliphatic heterocycles. The molecule has 0 unspecified atom stereocenters. The SMILES string of the molecule is O=C(C1CCCC1)N1CC=C(c2c[nH]c3ccccc23)CC1. The summed E-state index contributed by atoms with van der Waals surface area (Å²) in [7, 11) is 0. The lowest BCUT2D eigenvalue weighted by Gasteiger charge is -2.28. The summed E-state index contributed by atoms with van der Waals surface area (Å²) in [5.41, 5.74) is 3.85. The maximum atomic E-state index is 12.5. The number of H-pyrrole nitrogens is 1. The van der Waals surface area contributed by atoms with Crippen molar-refractivity contribution in [3.8, 4) is 0 Å².